The molecule has 0 spiro atoms. The minimum Gasteiger partial charge on any atom is -0.610 e. The third-order valence-electron chi connectivity index (χ3n) is 4.71. The molecule has 136 valence electrons. The monoisotopic (exact) mass is 370 g/mol. The summed E-state index contributed by atoms with van der Waals surface area (Å²) >= 11 is 0.168. The summed E-state index contributed by atoms with van der Waals surface area (Å²) in [6, 6.07) is 0. The maximum Gasteiger partial charge on any atom is 0.302 e. The molecule has 0 saturated heterocycles. The largest absolute Gasteiger partial charge is 0.610 e. The van der Waals surface area contributed by atoms with Gasteiger partial charge in [0.2, 0.25) is 0 Å². The number of hydrogen-bond acceptors (Lipinski definition) is 4. The zero-order valence-corrected chi connectivity index (χ0v) is 16.4. The molecule has 2 rings (SSSR count). The van der Waals surface area contributed by atoms with Crippen LogP contribution in [0.4, 0.5) is 0 Å². The summed E-state index contributed by atoms with van der Waals surface area (Å²) in [5.74, 6) is 1.35. The molecule has 1 aliphatic rings. The fourth-order valence-electron chi connectivity index (χ4n) is 3.27. The van der Waals surface area contributed by atoms with Crippen LogP contribution in [0.25, 0.3) is 0 Å². The molecule has 1 unspecified atom stereocenters. The molecule has 1 N–H and O–H groups in total. The highest BCUT2D eigenvalue weighted by molar-refractivity contribution is 7.93. The van der Waals surface area contributed by atoms with Gasteiger partial charge in [-0.15, -0.1) is 0 Å². The molecule has 1 heterocycles. The lowest BCUT2D eigenvalue weighted by molar-refractivity contribution is 0.0956. The average molecular weight is 371 g/mol. The first-order valence-corrected chi connectivity index (χ1v) is 11.5. The summed E-state index contributed by atoms with van der Waals surface area (Å²) in [7, 11) is 0. The van der Waals surface area contributed by atoms with Crippen molar-refractivity contribution in [3.05, 3.63) is 11.1 Å². The van der Waals surface area contributed by atoms with Gasteiger partial charge in [-0.1, -0.05) is 69.1 Å². The molecule has 1 amide bonds. The van der Waals surface area contributed by atoms with Gasteiger partial charge in [0.15, 0.2) is 0 Å². The Morgan fingerprint density at radius 2 is 2.00 bits per heavy atom. The first kappa shape index (κ1) is 19.7. The third kappa shape index (κ3) is 6.73. The molecule has 1 aromatic rings. The van der Waals surface area contributed by atoms with Crippen LogP contribution in [0.5, 0.6) is 0 Å². The molecule has 1 atom stereocenters. The van der Waals surface area contributed by atoms with Gasteiger partial charge in [0, 0.05) is 17.7 Å². The fourth-order valence-corrected chi connectivity index (χ4v) is 5.24. The summed E-state index contributed by atoms with van der Waals surface area (Å²) in [6.07, 6.45) is 14.9. The Labute approximate surface area is 153 Å². The first-order chi connectivity index (χ1) is 11.7. The topological polar surface area (TPSA) is 65.0 Å². The van der Waals surface area contributed by atoms with E-state index in [-0.39, 0.29) is 5.91 Å². The van der Waals surface area contributed by atoms with E-state index in [9.17, 15) is 9.35 Å². The van der Waals surface area contributed by atoms with Crippen LogP contribution < -0.4 is 5.32 Å². The second-order valence-electron chi connectivity index (χ2n) is 6.59. The zero-order valence-electron chi connectivity index (χ0n) is 14.7. The van der Waals surface area contributed by atoms with Gasteiger partial charge in [0.25, 0.3) is 5.91 Å². The molecule has 1 aromatic heterocycles. The van der Waals surface area contributed by atoms with E-state index < -0.39 is 11.2 Å². The molecule has 0 aliphatic heterocycles. The van der Waals surface area contributed by atoms with Crippen molar-refractivity contribution in [1.82, 2.24) is 10.3 Å². The highest BCUT2D eigenvalue weighted by Crippen LogP contribution is 2.26. The van der Waals surface area contributed by atoms with Crippen molar-refractivity contribution < 1.29 is 9.35 Å². The molecule has 0 radical (unpaired) electrons. The van der Waals surface area contributed by atoms with Crippen LogP contribution >= 0.6 is 11.3 Å². The van der Waals surface area contributed by atoms with Crippen LogP contribution in [-0.2, 0) is 11.2 Å². The Morgan fingerprint density at radius 3 is 2.71 bits per heavy atom. The van der Waals surface area contributed by atoms with Crippen molar-refractivity contribution in [2.75, 3.05) is 12.3 Å². The molecule has 6 heteroatoms. The maximum absolute atomic E-state index is 12.1. The molecule has 4 nitrogen and oxygen atoms in total. The van der Waals surface area contributed by atoms with Crippen LogP contribution in [0.2, 0.25) is 0 Å². The second kappa shape index (κ2) is 11.1. The lowest BCUT2D eigenvalue weighted by atomic mass is 9.88. The fraction of sp³-hybridized carbons (Fsp3) is 0.778. The van der Waals surface area contributed by atoms with Crippen LogP contribution in [0.1, 0.15) is 80.8 Å². The maximum atomic E-state index is 12.1. The minimum atomic E-state index is -1.07. The van der Waals surface area contributed by atoms with Crippen molar-refractivity contribution in [1.29, 1.82) is 0 Å². The van der Waals surface area contributed by atoms with Crippen LogP contribution in [0.3, 0.4) is 0 Å². The van der Waals surface area contributed by atoms with E-state index in [2.05, 4.69) is 10.3 Å². The Morgan fingerprint density at radius 1 is 1.29 bits per heavy atom. The van der Waals surface area contributed by atoms with E-state index in [4.69, 9.17) is 0 Å². The van der Waals surface area contributed by atoms with Gasteiger partial charge in [0.1, 0.15) is 10.6 Å². The Hall–Kier alpha value is -0.590. The predicted octanol–water partition coefficient (Wildman–Crippen LogP) is 4.53. The summed E-state index contributed by atoms with van der Waals surface area (Å²) in [4.78, 5) is 16.7. The van der Waals surface area contributed by atoms with Crippen LogP contribution in [-0.4, -0.2) is 27.7 Å². The molecule has 0 aromatic carbocycles. The van der Waals surface area contributed by atoms with E-state index in [1.165, 1.54) is 75.3 Å². The Kier molecular flexibility index (Phi) is 9.13. The van der Waals surface area contributed by atoms with E-state index in [1.54, 1.807) is 0 Å². The van der Waals surface area contributed by atoms with E-state index in [0.29, 0.717) is 15.0 Å². The highest BCUT2D eigenvalue weighted by atomic mass is 32.2. The first-order valence-electron chi connectivity index (χ1n) is 9.33. The quantitative estimate of drug-likeness (QED) is 0.540. The summed E-state index contributed by atoms with van der Waals surface area (Å²) in [6.45, 7) is 2.57. The van der Waals surface area contributed by atoms with Gasteiger partial charge in [-0.3, -0.25) is 4.79 Å². The number of hydrogen-bond donors (Lipinski definition) is 1. The number of carbonyl (C=O) groups excluding carboxylic acids is 1. The number of thiazole rings is 1. The van der Waals surface area contributed by atoms with Crippen molar-refractivity contribution in [2.45, 2.75) is 75.5 Å². The molecule has 1 fully saturated rings. The molecule has 0 bridgehead atoms. The third-order valence-corrected chi connectivity index (χ3v) is 7.33. The highest BCUT2D eigenvalue weighted by Gasteiger charge is 2.17. The minimum absolute atomic E-state index is 0.0854. The number of aromatic nitrogens is 1. The van der Waals surface area contributed by atoms with Gasteiger partial charge in [-0.2, -0.15) is 4.98 Å². The molecule has 1 aliphatic carbocycles. The lowest BCUT2D eigenvalue weighted by Crippen LogP contribution is -2.23. The Balaban J connectivity index is 1.61. The molecular weight excluding hydrogens is 340 g/mol. The van der Waals surface area contributed by atoms with Crippen LogP contribution in [0.15, 0.2) is 10.5 Å². The smallest absolute Gasteiger partial charge is 0.302 e. The van der Waals surface area contributed by atoms with Gasteiger partial charge in [-0.25, -0.2) is 0 Å². The predicted molar refractivity (Wildman–Crippen MR) is 101 cm³/mol. The van der Waals surface area contributed by atoms with Crippen molar-refractivity contribution in [3.63, 3.8) is 0 Å². The number of nitrogens with one attached hydrogen (secondary N) is 1. The van der Waals surface area contributed by atoms with Crippen molar-refractivity contribution >= 4 is 28.4 Å². The zero-order chi connectivity index (χ0) is 17.2. The number of nitrogens with zero attached hydrogens (tertiary/aromatic N) is 1. The second-order valence-corrected chi connectivity index (χ2v) is 9.53. The van der Waals surface area contributed by atoms with Crippen molar-refractivity contribution in [2.24, 2.45) is 5.92 Å². The standard InChI is InChI=1S/C18H30N2O2S2/c1-2-24(22)18-20-14-16(23-18)17(21)19-13-9-8-12-15-10-6-4-3-5-7-11-15/h14-15H,2-13H2,1H3,(H,19,21). The summed E-state index contributed by atoms with van der Waals surface area (Å²) in [5.41, 5.74) is 0. The van der Waals surface area contributed by atoms with Crippen molar-refractivity contribution in [3.8, 4) is 0 Å². The number of amides is 1. The molecule has 1 saturated carbocycles. The van der Waals surface area contributed by atoms with Gasteiger partial charge in [0.05, 0.1) is 6.20 Å². The van der Waals surface area contributed by atoms with E-state index in [1.807, 2.05) is 6.92 Å². The number of unbranched alkanes of at least 4 members (excludes halogenated alkanes) is 1. The van der Waals surface area contributed by atoms with Gasteiger partial charge < -0.3 is 9.87 Å². The van der Waals surface area contributed by atoms with Gasteiger partial charge in [-0.05, 0) is 19.3 Å². The molecule has 24 heavy (non-hydrogen) atoms. The summed E-state index contributed by atoms with van der Waals surface area (Å²) in [5, 5.41) is 2.96. The van der Waals surface area contributed by atoms with Gasteiger partial charge >= 0.3 is 4.34 Å². The average Bonchev–Trinajstić information content (AvgIpc) is 3.05. The number of carbonyl (C=O) groups is 1. The summed E-state index contributed by atoms with van der Waals surface area (Å²) < 4.78 is 12.2. The molecular formula is C18H30N2O2S2. The normalized spacial score (nSPS) is 17.9. The Bertz CT molecular complexity index is 485. The SMILES string of the molecule is CC[S+]([O-])c1ncc(C(=O)NCCCCC2CCCCCCC2)s1. The van der Waals surface area contributed by atoms with E-state index >= 15 is 0 Å². The number of rotatable bonds is 8. The lowest BCUT2D eigenvalue weighted by Gasteiger charge is -2.19. The van der Waals surface area contributed by atoms with E-state index in [0.717, 1.165) is 18.9 Å². The van der Waals surface area contributed by atoms with Crippen LogP contribution in [0, 0.1) is 5.92 Å².